The van der Waals surface area contributed by atoms with Crippen LogP contribution < -0.4 is 19.7 Å². The molecule has 0 saturated heterocycles. The van der Waals surface area contributed by atoms with Crippen LogP contribution in [-0.2, 0) is 14.3 Å². The van der Waals surface area contributed by atoms with E-state index in [9.17, 15) is 14.4 Å². The highest BCUT2D eigenvalue weighted by Crippen LogP contribution is 2.45. The number of ether oxygens (including phenoxy) is 3. The number of esters is 1. The van der Waals surface area contributed by atoms with Crippen molar-refractivity contribution >= 4 is 23.6 Å². The predicted octanol–water partition coefficient (Wildman–Crippen LogP) is 4.31. The van der Waals surface area contributed by atoms with Gasteiger partial charge in [-0.05, 0) is 55.8 Å². The van der Waals surface area contributed by atoms with Crippen molar-refractivity contribution in [3.05, 3.63) is 72.1 Å². The lowest BCUT2D eigenvalue weighted by atomic mass is 9.96. The van der Waals surface area contributed by atoms with Crippen LogP contribution in [0.5, 0.6) is 11.5 Å². The van der Waals surface area contributed by atoms with E-state index in [1.54, 1.807) is 26.0 Å². The molecule has 1 unspecified atom stereocenters. The van der Waals surface area contributed by atoms with Gasteiger partial charge in [0, 0.05) is 18.3 Å². The van der Waals surface area contributed by atoms with Crippen molar-refractivity contribution in [2.75, 3.05) is 45.4 Å². The van der Waals surface area contributed by atoms with Crippen LogP contribution in [0.3, 0.4) is 0 Å². The SMILES string of the molecule is CCCCN(CC(=O)N1c2ccccc2-n2cccc2C1c1cc(OC)ccc1OC)C(=O)NCC(=O)OCC. The van der Waals surface area contributed by atoms with Crippen molar-refractivity contribution < 1.29 is 28.6 Å². The number of carbonyl (C=O) groups excluding carboxylic acids is 3. The topological polar surface area (TPSA) is 102 Å². The molecule has 4 rings (SSSR count). The number of para-hydroxylation sites is 2. The molecule has 3 amide bonds. The molecular formula is C30H36N4O6. The number of carbonyl (C=O) groups is 3. The largest absolute Gasteiger partial charge is 0.497 e. The highest BCUT2D eigenvalue weighted by Gasteiger charge is 2.38. The van der Waals surface area contributed by atoms with E-state index in [1.807, 2.05) is 67.7 Å². The molecule has 10 nitrogen and oxygen atoms in total. The summed E-state index contributed by atoms with van der Waals surface area (Å²) in [5, 5.41) is 2.59. The van der Waals surface area contributed by atoms with Crippen molar-refractivity contribution in [1.82, 2.24) is 14.8 Å². The van der Waals surface area contributed by atoms with Gasteiger partial charge in [-0.3, -0.25) is 14.5 Å². The van der Waals surface area contributed by atoms with E-state index in [0.717, 1.165) is 23.4 Å². The first-order valence-electron chi connectivity index (χ1n) is 13.4. The second-order valence-corrected chi connectivity index (χ2v) is 9.30. The highest BCUT2D eigenvalue weighted by atomic mass is 16.5. The highest BCUT2D eigenvalue weighted by molar-refractivity contribution is 6.00. The number of fused-ring (bicyclic) bond motifs is 3. The number of methoxy groups -OCH3 is 2. The average molecular weight is 549 g/mol. The summed E-state index contributed by atoms with van der Waals surface area (Å²) in [5.41, 5.74) is 3.16. The van der Waals surface area contributed by atoms with Crippen molar-refractivity contribution in [3.63, 3.8) is 0 Å². The first-order valence-corrected chi connectivity index (χ1v) is 13.4. The lowest BCUT2D eigenvalue weighted by molar-refractivity contribution is -0.141. The molecule has 0 spiro atoms. The van der Waals surface area contributed by atoms with Crippen LogP contribution in [0.2, 0.25) is 0 Å². The lowest BCUT2D eigenvalue weighted by Gasteiger charge is -2.40. The van der Waals surface area contributed by atoms with Gasteiger partial charge in [-0.2, -0.15) is 0 Å². The third-order valence-corrected chi connectivity index (χ3v) is 6.80. The van der Waals surface area contributed by atoms with E-state index in [4.69, 9.17) is 14.2 Å². The quantitative estimate of drug-likeness (QED) is 0.359. The van der Waals surface area contributed by atoms with Crippen LogP contribution in [0.25, 0.3) is 5.69 Å². The maximum absolute atomic E-state index is 14.3. The first kappa shape index (κ1) is 28.5. The standard InChI is InChI=1S/C30H36N4O6/c1-5-7-16-32(30(37)31-19-28(36)40-6-2)20-27(35)34-24-12-9-8-11-23(24)33-17-10-13-25(33)29(34)22-18-21(38-3)14-15-26(22)39-4/h8-15,17-18,29H,5-7,16,19-20H2,1-4H3,(H,31,37). The van der Waals surface area contributed by atoms with Gasteiger partial charge in [0.2, 0.25) is 5.91 Å². The number of nitrogens with zero attached hydrogens (tertiary/aromatic N) is 3. The van der Waals surface area contributed by atoms with Crippen molar-refractivity contribution in [1.29, 1.82) is 0 Å². The molecule has 1 aliphatic rings. The molecule has 10 heteroatoms. The summed E-state index contributed by atoms with van der Waals surface area (Å²) in [6, 6.07) is 16.0. The second-order valence-electron chi connectivity index (χ2n) is 9.30. The van der Waals surface area contributed by atoms with Crippen molar-refractivity contribution in [3.8, 4) is 17.2 Å². The Balaban J connectivity index is 1.75. The minimum atomic E-state index is -0.557. The Morgan fingerprint density at radius 1 is 0.975 bits per heavy atom. The molecule has 2 heterocycles. The zero-order chi connectivity index (χ0) is 28.6. The van der Waals surface area contributed by atoms with E-state index < -0.39 is 18.0 Å². The summed E-state index contributed by atoms with van der Waals surface area (Å²) in [5.74, 6) is 0.416. The van der Waals surface area contributed by atoms with Gasteiger partial charge in [-0.1, -0.05) is 25.5 Å². The molecule has 1 aromatic heterocycles. The van der Waals surface area contributed by atoms with Gasteiger partial charge >= 0.3 is 12.0 Å². The van der Waals surface area contributed by atoms with Crippen LogP contribution in [0.4, 0.5) is 10.5 Å². The summed E-state index contributed by atoms with van der Waals surface area (Å²) >= 11 is 0. The zero-order valence-electron chi connectivity index (χ0n) is 23.4. The summed E-state index contributed by atoms with van der Waals surface area (Å²) in [6.07, 6.45) is 3.50. The van der Waals surface area contributed by atoms with Crippen LogP contribution in [-0.4, -0.2) is 67.8 Å². The zero-order valence-corrected chi connectivity index (χ0v) is 23.4. The van der Waals surface area contributed by atoms with Gasteiger partial charge in [-0.25, -0.2) is 4.79 Å². The minimum absolute atomic E-state index is 0.188. The maximum atomic E-state index is 14.3. The Hall–Kier alpha value is -4.47. The second kappa shape index (κ2) is 13.1. The number of hydrogen-bond donors (Lipinski definition) is 1. The molecule has 40 heavy (non-hydrogen) atoms. The van der Waals surface area contributed by atoms with E-state index in [1.165, 1.54) is 4.90 Å². The molecule has 1 atom stereocenters. The first-order chi connectivity index (χ1) is 19.4. The molecule has 1 N–H and O–H groups in total. The molecule has 0 bridgehead atoms. The summed E-state index contributed by atoms with van der Waals surface area (Å²) < 4.78 is 18.2. The Labute approximate surface area is 234 Å². The maximum Gasteiger partial charge on any atom is 0.325 e. The number of anilines is 1. The smallest absolute Gasteiger partial charge is 0.325 e. The van der Waals surface area contributed by atoms with Crippen LogP contribution in [0, 0.1) is 0 Å². The number of hydrogen-bond acceptors (Lipinski definition) is 6. The predicted molar refractivity (Wildman–Crippen MR) is 151 cm³/mol. The molecule has 1 aliphatic heterocycles. The van der Waals surface area contributed by atoms with Crippen molar-refractivity contribution in [2.24, 2.45) is 0 Å². The van der Waals surface area contributed by atoms with Gasteiger partial charge in [0.15, 0.2) is 0 Å². The van der Waals surface area contributed by atoms with E-state index in [2.05, 4.69) is 9.88 Å². The molecule has 2 aromatic carbocycles. The summed E-state index contributed by atoms with van der Waals surface area (Å²) in [6.45, 7) is 3.83. The number of rotatable bonds is 11. The van der Waals surface area contributed by atoms with Gasteiger partial charge in [-0.15, -0.1) is 0 Å². The van der Waals surface area contributed by atoms with Crippen molar-refractivity contribution in [2.45, 2.75) is 32.7 Å². The minimum Gasteiger partial charge on any atom is -0.497 e. The third-order valence-electron chi connectivity index (χ3n) is 6.80. The fourth-order valence-electron chi connectivity index (χ4n) is 4.92. The molecule has 212 valence electrons. The normalized spacial score (nSPS) is 13.6. The van der Waals surface area contributed by atoms with Crippen LogP contribution in [0.15, 0.2) is 60.8 Å². The average Bonchev–Trinajstić information content (AvgIpc) is 3.47. The Kier molecular flexibility index (Phi) is 9.31. The number of urea groups is 1. The lowest BCUT2D eigenvalue weighted by Crippen LogP contribution is -2.50. The molecule has 0 fully saturated rings. The fraction of sp³-hybridized carbons (Fsp3) is 0.367. The number of nitrogens with one attached hydrogen (secondary N) is 1. The Bertz CT molecular complexity index is 1350. The summed E-state index contributed by atoms with van der Waals surface area (Å²) in [7, 11) is 3.18. The Morgan fingerprint density at radius 2 is 1.75 bits per heavy atom. The number of benzene rings is 2. The van der Waals surface area contributed by atoms with E-state index >= 15 is 0 Å². The molecular weight excluding hydrogens is 512 g/mol. The summed E-state index contributed by atoms with van der Waals surface area (Å²) in [4.78, 5) is 42.4. The third kappa shape index (κ3) is 5.90. The molecule has 3 aromatic rings. The van der Waals surface area contributed by atoms with Gasteiger partial charge in [0.1, 0.15) is 30.6 Å². The van der Waals surface area contributed by atoms with Gasteiger partial charge < -0.3 is 29.0 Å². The molecule has 0 radical (unpaired) electrons. The number of amides is 3. The van der Waals surface area contributed by atoms with Gasteiger partial charge in [0.05, 0.1) is 37.9 Å². The number of unbranched alkanes of at least 4 members (excludes halogenated alkanes) is 1. The van der Waals surface area contributed by atoms with Crippen LogP contribution >= 0.6 is 0 Å². The Morgan fingerprint density at radius 3 is 2.45 bits per heavy atom. The molecule has 0 saturated carbocycles. The van der Waals surface area contributed by atoms with E-state index in [0.29, 0.717) is 30.2 Å². The fourth-order valence-corrected chi connectivity index (χ4v) is 4.92. The van der Waals surface area contributed by atoms with E-state index in [-0.39, 0.29) is 25.6 Å². The monoisotopic (exact) mass is 548 g/mol. The molecule has 0 aliphatic carbocycles. The van der Waals surface area contributed by atoms with Crippen LogP contribution in [0.1, 0.15) is 44.0 Å². The number of aromatic nitrogens is 1. The van der Waals surface area contributed by atoms with Gasteiger partial charge in [0.25, 0.3) is 0 Å².